The molecule has 0 aliphatic heterocycles. The summed E-state index contributed by atoms with van der Waals surface area (Å²) < 4.78 is 30.2. The van der Waals surface area contributed by atoms with E-state index in [1.54, 1.807) is 26.2 Å². The zero-order chi connectivity index (χ0) is 20.1. The maximum atomic E-state index is 14.2. The Morgan fingerprint density at radius 2 is 1.96 bits per heavy atom. The third kappa shape index (κ3) is 4.09. The summed E-state index contributed by atoms with van der Waals surface area (Å²) in [6.45, 7) is 2.00. The fourth-order valence-corrected chi connectivity index (χ4v) is 2.94. The van der Waals surface area contributed by atoms with Crippen LogP contribution in [-0.4, -0.2) is 31.3 Å². The summed E-state index contributed by atoms with van der Waals surface area (Å²) in [5.41, 5.74) is 0.212. The van der Waals surface area contributed by atoms with Crippen LogP contribution in [-0.2, 0) is 0 Å². The van der Waals surface area contributed by atoms with Crippen LogP contribution >= 0.6 is 11.6 Å². The number of ether oxygens (including phenoxy) is 2. The van der Waals surface area contributed by atoms with Crippen LogP contribution in [0.1, 0.15) is 16.1 Å². The molecular formula is C20H18ClFN2O4. The molecular weight excluding hydrogens is 387 g/mol. The van der Waals surface area contributed by atoms with Crippen molar-refractivity contribution in [3.63, 3.8) is 0 Å². The maximum absolute atomic E-state index is 14.2. The van der Waals surface area contributed by atoms with Crippen molar-refractivity contribution in [1.82, 2.24) is 10.5 Å². The molecule has 0 fully saturated rings. The van der Waals surface area contributed by atoms with Crippen molar-refractivity contribution in [1.29, 1.82) is 0 Å². The van der Waals surface area contributed by atoms with E-state index in [-0.39, 0.29) is 40.8 Å². The minimum absolute atomic E-state index is 0.0245. The van der Waals surface area contributed by atoms with Crippen LogP contribution in [0.2, 0.25) is 5.02 Å². The third-order valence-corrected chi connectivity index (χ3v) is 4.32. The summed E-state index contributed by atoms with van der Waals surface area (Å²) in [4.78, 5) is 12.6. The first-order chi connectivity index (χ1) is 13.5. The number of nitrogens with zero attached hydrogens (tertiary/aromatic N) is 1. The molecule has 0 bridgehead atoms. The van der Waals surface area contributed by atoms with Crippen molar-refractivity contribution in [2.45, 2.75) is 6.92 Å². The van der Waals surface area contributed by atoms with Crippen molar-refractivity contribution >= 4 is 17.5 Å². The third-order valence-electron chi connectivity index (χ3n) is 4.00. The number of benzene rings is 2. The first-order valence-corrected chi connectivity index (χ1v) is 8.85. The van der Waals surface area contributed by atoms with Gasteiger partial charge in [-0.3, -0.25) is 4.79 Å². The fourth-order valence-electron chi connectivity index (χ4n) is 2.69. The summed E-state index contributed by atoms with van der Waals surface area (Å²) in [6.07, 6.45) is 0. The number of halogens is 2. The summed E-state index contributed by atoms with van der Waals surface area (Å²) >= 11 is 6.09. The number of para-hydroxylation sites is 2. The molecule has 3 aromatic rings. The molecule has 3 rings (SSSR count). The lowest BCUT2D eigenvalue weighted by molar-refractivity contribution is 0.0946. The average molecular weight is 405 g/mol. The predicted octanol–water partition coefficient (Wildman–Crippen LogP) is 4.26. The predicted molar refractivity (Wildman–Crippen MR) is 102 cm³/mol. The highest BCUT2D eigenvalue weighted by Crippen LogP contribution is 2.33. The number of rotatable bonds is 7. The molecule has 0 atom stereocenters. The van der Waals surface area contributed by atoms with E-state index in [1.807, 2.05) is 12.1 Å². The van der Waals surface area contributed by atoms with Gasteiger partial charge in [-0.15, -0.1) is 0 Å². The van der Waals surface area contributed by atoms with E-state index in [4.69, 9.17) is 25.6 Å². The van der Waals surface area contributed by atoms with Gasteiger partial charge in [-0.05, 0) is 31.2 Å². The lowest BCUT2D eigenvalue weighted by atomic mass is 10.0. The molecule has 2 aromatic carbocycles. The van der Waals surface area contributed by atoms with E-state index in [1.165, 1.54) is 18.2 Å². The topological polar surface area (TPSA) is 73.6 Å². The molecule has 0 spiro atoms. The molecule has 0 saturated carbocycles. The Labute approximate surface area is 166 Å². The van der Waals surface area contributed by atoms with E-state index in [0.717, 1.165) is 0 Å². The van der Waals surface area contributed by atoms with Crippen LogP contribution in [0.5, 0.6) is 11.5 Å². The minimum Gasteiger partial charge on any atom is -0.493 e. The molecule has 0 saturated heterocycles. The van der Waals surface area contributed by atoms with Gasteiger partial charge >= 0.3 is 0 Å². The second-order valence-corrected chi connectivity index (χ2v) is 6.22. The lowest BCUT2D eigenvalue weighted by Crippen LogP contribution is -2.28. The Morgan fingerprint density at radius 3 is 2.68 bits per heavy atom. The van der Waals surface area contributed by atoms with Crippen molar-refractivity contribution in [2.24, 2.45) is 0 Å². The number of carbonyl (C=O) groups excluding carboxylic acids is 1. The number of carbonyl (C=O) groups is 1. The van der Waals surface area contributed by atoms with Crippen LogP contribution in [0.4, 0.5) is 4.39 Å². The second kappa shape index (κ2) is 8.75. The Morgan fingerprint density at radius 1 is 1.21 bits per heavy atom. The number of amides is 1. The van der Waals surface area contributed by atoms with E-state index in [0.29, 0.717) is 11.5 Å². The van der Waals surface area contributed by atoms with E-state index < -0.39 is 11.7 Å². The van der Waals surface area contributed by atoms with Crippen molar-refractivity contribution in [3.05, 3.63) is 64.6 Å². The molecule has 1 amide bonds. The summed E-state index contributed by atoms with van der Waals surface area (Å²) in [5, 5.41) is 6.67. The van der Waals surface area contributed by atoms with Crippen LogP contribution in [0, 0.1) is 12.7 Å². The van der Waals surface area contributed by atoms with Gasteiger partial charge in [0.15, 0.2) is 11.5 Å². The highest BCUT2D eigenvalue weighted by atomic mass is 35.5. The molecule has 0 aliphatic carbocycles. The quantitative estimate of drug-likeness (QED) is 0.595. The maximum Gasteiger partial charge on any atom is 0.257 e. The number of hydrogen-bond acceptors (Lipinski definition) is 5. The molecule has 146 valence electrons. The number of methoxy groups -OCH3 is 1. The molecule has 6 nitrogen and oxygen atoms in total. The first kappa shape index (κ1) is 19.7. The van der Waals surface area contributed by atoms with Gasteiger partial charge in [-0.2, -0.15) is 0 Å². The highest BCUT2D eigenvalue weighted by Gasteiger charge is 2.25. The Hall–Kier alpha value is -3.06. The SMILES string of the molecule is COc1ccccc1OCCNC(=O)c1c(-c2c(F)cccc2Cl)noc1C. The number of hydrogen-bond donors (Lipinski definition) is 1. The van der Waals surface area contributed by atoms with Crippen LogP contribution < -0.4 is 14.8 Å². The second-order valence-electron chi connectivity index (χ2n) is 5.81. The summed E-state index contributed by atoms with van der Waals surface area (Å²) in [5.74, 6) is 0.378. The normalized spacial score (nSPS) is 10.6. The number of aryl methyl sites for hydroxylation is 1. The van der Waals surface area contributed by atoms with Crippen molar-refractivity contribution < 1.29 is 23.2 Å². The van der Waals surface area contributed by atoms with Crippen LogP contribution in [0.25, 0.3) is 11.3 Å². The smallest absolute Gasteiger partial charge is 0.257 e. The van der Waals surface area contributed by atoms with Gasteiger partial charge in [-0.1, -0.05) is 35.0 Å². The zero-order valence-electron chi connectivity index (χ0n) is 15.3. The Bertz CT molecular complexity index is 970. The number of nitrogens with one attached hydrogen (secondary N) is 1. The highest BCUT2D eigenvalue weighted by molar-refractivity contribution is 6.33. The van der Waals surface area contributed by atoms with E-state index in [2.05, 4.69) is 10.5 Å². The monoisotopic (exact) mass is 404 g/mol. The largest absolute Gasteiger partial charge is 0.493 e. The van der Waals surface area contributed by atoms with Gasteiger partial charge < -0.3 is 19.3 Å². The zero-order valence-corrected chi connectivity index (χ0v) is 16.0. The first-order valence-electron chi connectivity index (χ1n) is 8.47. The Kier molecular flexibility index (Phi) is 6.16. The molecule has 28 heavy (non-hydrogen) atoms. The van der Waals surface area contributed by atoms with Gasteiger partial charge in [0.1, 0.15) is 29.4 Å². The molecule has 1 N–H and O–H groups in total. The van der Waals surface area contributed by atoms with Crippen molar-refractivity contribution in [2.75, 3.05) is 20.3 Å². The van der Waals surface area contributed by atoms with E-state index in [9.17, 15) is 9.18 Å². The lowest BCUT2D eigenvalue weighted by Gasteiger charge is -2.11. The summed E-state index contributed by atoms with van der Waals surface area (Å²) in [6, 6.07) is 11.4. The molecule has 0 radical (unpaired) electrons. The number of aromatic nitrogens is 1. The van der Waals surface area contributed by atoms with Gasteiger partial charge in [0.25, 0.3) is 5.91 Å². The average Bonchev–Trinajstić information content (AvgIpc) is 3.06. The minimum atomic E-state index is -0.589. The van der Waals surface area contributed by atoms with Crippen LogP contribution in [0.15, 0.2) is 47.0 Å². The van der Waals surface area contributed by atoms with Gasteiger partial charge in [0, 0.05) is 0 Å². The van der Waals surface area contributed by atoms with Gasteiger partial charge in [0.2, 0.25) is 0 Å². The molecule has 0 unspecified atom stereocenters. The van der Waals surface area contributed by atoms with Crippen molar-refractivity contribution in [3.8, 4) is 22.8 Å². The van der Waals surface area contributed by atoms with E-state index >= 15 is 0 Å². The standard InChI is InChI=1S/C20H18ClFN2O4/c1-12-17(19(24-28-12)18-13(21)6-5-7-14(18)22)20(25)23-10-11-27-16-9-4-3-8-15(16)26-2/h3-9H,10-11H2,1-2H3,(H,23,25). The summed E-state index contributed by atoms with van der Waals surface area (Å²) in [7, 11) is 1.55. The molecule has 1 heterocycles. The molecule has 0 aliphatic rings. The van der Waals surface area contributed by atoms with Crippen LogP contribution in [0.3, 0.4) is 0 Å². The van der Waals surface area contributed by atoms with Gasteiger partial charge in [0.05, 0.1) is 24.2 Å². The molecule has 8 heteroatoms. The van der Waals surface area contributed by atoms with Gasteiger partial charge in [-0.25, -0.2) is 4.39 Å². The fraction of sp³-hybridized carbons (Fsp3) is 0.200. The molecule has 1 aromatic heterocycles. The Balaban J connectivity index is 1.70.